The quantitative estimate of drug-likeness (QED) is 0.184. The Bertz CT molecular complexity index is 2950. The number of benzene rings is 7. The minimum Gasteiger partial charge on any atom is -0.456 e. The number of nitriles is 1. The van der Waals surface area contributed by atoms with Gasteiger partial charge in [-0.1, -0.05) is 127 Å². The summed E-state index contributed by atoms with van der Waals surface area (Å²) in [4.78, 5) is 10.3. The van der Waals surface area contributed by atoms with Gasteiger partial charge in [0.25, 0.3) is 0 Å². The van der Waals surface area contributed by atoms with Gasteiger partial charge >= 0.3 is 0 Å². The molecule has 0 fully saturated rings. The number of hydrogen-bond donors (Lipinski definition) is 0. The van der Waals surface area contributed by atoms with Crippen LogP contribution in [0.4, 0.5) is 0 Å². The van der Waals surface area contributed by atoms with Gasteiger partial charge in [0.2, 0.25) is 0 Å². The molecule has 7 aromatic carbocycles. The van der Waals surface area contributed by atoms with E-state index >= 15 is 0 Å². The van der Waals surface area contributed by atoms with Crippen molar-refractivity contribution in [3.63, 3.8) is 0 Å². The van der Waals surface area contributed by atoms with Crippen LogP contribution in [0.15, 0.2) is 174 Å². The smallest absolute Gasteiger partial charge is 0.160 e. The topological polar surface area (TPSA) is 67.6 Å². The molecule has 0 radical (unpaired) electrons. The van der Waals surface area contributed by atoms with Gasteiger partial charge in [-0.05, 0) is 53.6 Å². The van der Waals surface area contributed by atoms with E-state index in [-0.39, 0.29) is 0 Å². The Morgan fingerprint density at radius 3 is 1.69 bits per heavy atom. The number of para-hydroxylation sites is 2. The largest absolute Gasteiger partial charge is 0.456 e. The Hall–Kier alpha value is -7.29. The molecule has 0 aliphatic carbocycles. The summed E-state index contributed by atoms with van der Waals surface area (Å²) >= 11 is 0. The maximum absolute atomic E-state index is 10.5. The van der Waals surface area contributed by atoms with Crippen LogP contribution in [-0.4, -0.2) is 14.5 Å². The summed E-state index contributed by atoms with van der Waals surface area (Å²) in [6.45, 7) is 0. The van der Waals surface area contributed by atoms with Crippen LogP contribution in [0.25, 0.3) is 94.5 Å². The number of aromatic nitrogens is 3. The van der Waals surface area contributed by atoms with Crippen molar-refractivity contribution in [3.8, 4) is 56.8 Å². The number of fused-ring (bicyclic) bond motifs is 6. The van der Waals surface area contributed by atoms with Crippen LogP contribution in [0.1, 0.15) is 5.56 Å². The Labute approximate surface area is 299 Å². The van der Waals surface area contributed by atoms with E-state index in [1.165, 1.54) is 0 Å². The number of rotatable bonds is 5. The molecule has 10 aromatic rings. The van der Waals surface area contributed by atoms with Crippen LogP contribution in [0.5, 0.6) is 0 Å². The molecule has 3 heterocycles. The Morgan fingerprint density at radius 2 is 1.02 bits per heavy atom. The van der Waals surface area contributed by atoms with E-state index in [1.807, 2.05) is 78.9 Å². The fraction of sp³-hybridized carbons (Fsp3) is 0. The fourth-order valence-corrected chi connectivity index (χ4v) is 7.44. The first-order chi connectivity index (χ1) is 25.7. The van der Waals surface area contributed by atoms with Crippen molar-refractivity contribution in [1.82, 2.24) is 14.5 Å². The van der Waals surface area contributed by atoms with Crippen molar-refractivity contribution >= 4 is 43.7 Å². The van der Waals surface area contributed by atoms with Crippen molar-refractivity contribution < 1.29 is 4.42 Å². The molecule has 0 N–H and O–H groups in total. The van der Waals surface area contributed by atoms with E-state index in [9.17, 15) is 5.26 Å². The highest BCUT2D eigenvalue weighted by Crippen LogP contribution is 2.40. The van der Waals surface area contributed by atoms with E-state index in [0.29, 0.717) is 22.8 Å². The van der Waals surface area contributed by atoms with Crippen molar-refractivity contribution in [2.24, 2.45) is 0 Å². The monoisotopic (exact) mass is 664 g/mol. The molecule has 0 amide bonds. The normalized spacial score (nSPS) is 11.4. The molecular formula is C47H28N4O. The first-order valence-electron chi connectivity index (χ1n) is 17.2. The SMILES string of the molecule is N#Cc1c(-c2ccccc2)nc(-c2cc(-c3ccccc3)cc(-n3c4ccccc4c4cc5oc6ccccc6c5cc43)c2)nc1-c1ccccc1. The third-order valence-electron chi connectivity index (χ3n) is 9.83. The van der Waals surface area contributed by atoms with Crippen LogP contribution in [0.3, 0.4) is 0 Å². The van der Waals surface area contributed by atoms with Crippen molar-refractivity contribution in [1.29, 1.82) is 5.26 Å². The summed E-state index contributed by atoms with van der Waals surface area (Å²) in [6.07, 6.45) is 0. The van der Waals surface area contributed by atoms with Crippen LogP contribution < -0.4 is 0 Å². The summed E-state index contributed by atoms with van der Waals surface area (Å²) in [6, 6.07) is 60.3. The average molecular weight is 665 g/mol. The van der Waals surface area contributed by atoms with Crippen molar-refractivity contribution in [2.75, 3.05) is 0 Å². The van der Waals surface area contributed by atoms with E-state index < -0.39 is 0 Å². The lowest BCUT2D eigenvalue weighted by molar-refractivity contribution is 0.669. The molecule has 52 heavy (non-hydrogen) atoms. The lowest BCUT2D eigenvalue weighted by Crippen LogP contribution is -2.02. The molecule has 0 aliphatic rings. The second-order valence-electron chi connectivity index (χ2n) is 12.9. The van der Waals surface area contributed by atoms with Crippen LogP contribution >= 0.6 is 0 Å². The van der Waals surface area contributed by atoms with E-state index in [1.54, 1.807) is 0 Å². The second kappa shape index (κ2) is 11.9. The fourth-order valence-electron chi connectivity index (χ4n) is 7.44. The third kappa shape index (κ3) is 4.78. The van der Waals surface area contributed by atoms with Gasteiger partial charge in [-0.25, -0.2) is 9.97 Å². The first kappa shape index (κ1) is 29.6. The van der Waals surface area contributed by atoms with Gasteiger partial charge in [0.15, 0.2) is 5.82 Å². The summed E-state index contributed by atoms with van der Waals surface area (Å²) < 4.78 is 8.68. The number of furan rings is 1. The van der Waals surface area contributed by atoms with Gasteiger partial charge in [0, 0.05) is 43.9 Å². The maximum Gasteiger partial charge on any atom is 0.160 e. The number of nitrogens with zero attached hydrogens (tertiary/aromatic N) is 4. The zero-order chi connectivity index (χ0) is 34.6. The molecule has 10 rings (SSSR count). The van der Waals surface area contributed by atoms with Gasteiger partial charge in [-0.2, -0.15) is 5.26 Å². The predicted molar refractivity (Wildman–Crippen MR) is 210 cm³/mol. The minimum atomic E-state index is 0.444. The van der Waals surface area contributed by atoms with Gasteiger partial charge < -0.3 is 8.98 Å². The standard InChI is InChI=1S/C47H28N4O/c48-29-40-45(31-16-6-2-7-17-31)49-47(50-46(40)32-18-8-3-9-19-32)34-24-33(30-14-4-1-5-15-30)25-35(26-34)51-41-22-12-10-20-36(41)38-28-44-39(27-42(38)51)37-21-11-13-23-43(37)52-44/h1-28H. The Morgan fingerprint density at radius 1 is 0.442 bits per heavy atom. The molecular weight excluding hydrogens is 637 g/mol. The highest BCUT2D eigenvalue weighted by Gasteiger charge is 2.21. The third-order valence-corrected chi connectivity index (χ3v) is 9.83. The zero-order valence-corrected chi connectivity index (χ0v) is 27.9. The molecule has 242 valence electrons. The minimum absolute atomic E-state index is 0.444. The van der Waals surface area contributed by atoms with E-state index in [4.69, 9.17) is 14.4 Å². The van der Waals surface area contributed by atoms with Gasteiger partial charge in [0.05, 0.1) is 22.4 Å². The molecule has 5 nitrogen and oxygen atoms in total. The van der Waals surface area contributed by atoms with Crippen molar-refractivity contribution in [2.45, 2.75) is 0 Å². The van der Waals surface area contributed by atoms with Crippen LogP contribution in [0.2, 0.25) is 0 Å². The van der Waals surface area contributed by atoms with E-state index in [0.717, 1.165) is 77.2 Å². The molecule has 0 bridgehead atoms. The van der Waals surface area contributed by atoms with Gasteiger partial charge in [-0.15, -0.1) is 0 Å². The van der Waals surface area contributed by atoms with E-state index in [2.05, 4.69) is 102 Å². The molecule has 0 spiro atoms. The predicted octanol–water partition coefficient (Wildman–Crippen LogP) is 12.0. The molecule has 0 unspecified atom stereocenters. The molecule has 0 saturated carbocycles. The van der Waals surface area contributed by atoms with Gasteiger partial charge in [-0.3, -0.25) is 0 Å². The molecule has 0 atom stereocenters. The summed E-state index contributed by atoms with van der Waals surface area (Å²) in [7, 11) is 0. The van der Waals surface area contributed by atoms with Gasteiger partial charge in [0.1, 0.15) is 22.8 Å². The number of hydrogen-bond acceptors (Lipinski definition) is 4. The molecule has 0 aliphatic heterocycles. The lowest BCUT2D eigenvalue weighted by atomic mass is 9.98. The summed E-state index contributed by atoms with van der Waals surface area (Å²) in [5.74, 6) is 0.541. The maximum atomic E-state index is 10.5. The van der Waals surface area contributed by atoms with Crippen LogP contribution in [0, 0.1) is 11.3 Å². The summed E-state index contributed by atoms with van der Waals surface area (Å²) in [5, 5.41) is 14.9. The molecule has 5 heteroatoms. The summed E-state index contributed by atoms with van der Waals surface area (Å²) in [5.41, 5.74) is 11.2. The Balaban J connectivity index is 1.29. The molecule has 0 saturated heterocycles. The highest BCUT2D eigenvalue weighted by atomic mass is 16.3. The molecule has 3 aromatic heterocycles. The Kier molecular flexibility index (Phi) is 6.80. The van der Waals surface area contributed by atoms with Crippen molar-refractivity contribution in [3.05, 3.63) is 175 Å². The zero-order valence-electron chi connectivity index (χ0n) is 27.9. The second-order valence-corrected chi connectivity index (χ2v) is 12.9. The highest BCUT2D eigenvalue weighted by molar-refractivity contribution is 6.17. The average Bonchev–Trinajstić information content (AvgIpc) is 3.75. The van der Waals surface area contributed by atoms with Crippen LogP contribution in [-0.2, 0) is 0 Å². The first-order valence-corrected chi connectivity index (χ1v) is 17.2. The lowest BCUT2D eigenvalue weighted by Gasteiger charge is -2.15.